The van der Waals surface area contributed by atoms with Crippen molar-refractivity contribution in [3.63, 3.8) is 0 Å². The molecule has 1 aromatic carbocycles. The van der Waals surface area contributed by atoms with E-state index in [9.17, 15) is 17.8 Å². The Bertz CT molecular complexity index is 646. The first-order valence-corrected chi connectivity index (χ1v) is 12.2. The fourth-order valence-electron chi connectivity index (χ4n) is 2.97. The molecule has 0 heterocycles. The Morgan fingerprint density at radius 1 is 0.966 bits per heavy atom. The SMILES string of the molecule is CC(=O)OCCN.CCCCCCCCCCCCc1ccccc1S(=O)(=O)O. The summed E-state index contributed by atoms with van der Waals surface area (Å²) in [5.74, 6) is -0.273. The van der Waals surface area contributed by atoms with Crippen LogP contribution < -0.4 is 5.73 Å². The fourth-order valence-corrected chi connectivity index (χ4v) is 3.72. The van der Waals surface area contributed by atoms with E-state index in [-0.39, 0.29) is 10.9 Å². The maximum absolute atomic E-state index is 11.3. The molecule has 0 aliphatic rings. The lowest BCUT2D eigenvalue weighted by molar-refractivity contribution is -0.140. The Morgan fingerprint density at radius 3 is 1.93 bits per heavy atom. The van der Waals surface area contributed by atoms with E-state index in [4.69, 9.17) is 5.73 Å². The van der Waals surface area contributed by atoms with E-state index < -0.39 is 10.1 Å². The van der Waals surface area contributed by atoms with Gasteiger partial charge in [-0.25, -0.2) is 0 Å². The van der Waals surface area contributed by atoms with Crippen molar-refractivity contribution >= 4 is 16.1 Å². The number of rotatable bonds is 14. The number of ether oxygens (including phenoxy) is 1. The van der Waals surface area contributed by atoms with E-state index in [1.54, 1.807) is 12.1 Å². The topological polar surface area (TPSA) is 107 Å². The average Bonchev–Trinajstić information content (AvgIpc) is 2.68. The van der Waals surface area contributed by atoms with Crippen molar-refractivity contribution in [1.82, 2.24) is 0 Å². The molecule has 0 bridgehead atoms. The van der Waals surface area contributed by atoms with Crippen LogP contribution in [-0.4, -0.2) is 32.1 Å². The van der Waals surface area contributed by atoms with Crippen LogP contribution in [0.2, 0.25) is 0 Å². The van der Waals surface area contributed by atoms with Crippen LogP contribution in [0.15, 0.2) is 29.2 Å². The van der Waals surface area contributed by atoms with E-state index in [2.05, 4.69) is 11.7 Å². The number of hydrogen-bond acceptors (Lipinski definition) is 5. The van der Waals surface area contributed by atoms with Crippen molar-refractivity contribution in [3.05, 3.63) is 29.8 Å². The van der Waals surface area contributed by atoms with E-state index in [1.807, 2.05) is 6.07 Å². The molecule has 0 unspecified atom stereocenters. The van der Waals surface area contributed by atoms with Crippen molar-refractivity contribution in [3.8, 4) is 0 Å². The quantitative estimate of drug-likeness (QED) is 0.247. The second-order valence-corrected chi connectivity index (χ2v) is 8.53. The van der Waals surface area contributed by atoms with Crippen LogP contribution in [0, 0.1) is 0 Å². The third-order valence-corrected chi connectivity index (χ3v) is 5.43. The van der Waals surface area contributed by atoms with Gasteiger partial charge in [0.15, 0.2) is 0 Å². The van der Waals surface area contributed by atoms with Gasteiger partial charge in [-0.15, -0.1) is 0 Å². The molecule has 0 atom stereocenters. The van der Waals surface area contributed by atoms with Crippen LogP contribution in [0.3, 0.4) is 0 Å². The zero-order valence-corrected chi connectivity index (χ0v) is 18.9. The zero-order valence-electron chi connectivity index (χ0n) is 18.1. The Kier molecular flexibility index (Phi) is 16.6. The number of esters is 1. The zero-order chi connectivity index (χ0) is 22.0. The van der Waals surface area contributed by atoms with Gasteiger partial charge in [-0.05, 0) is 24.5 Å². The number of unbranched alkanes of at least 4 members (excludes halogenated alkanes) is 9. The molecule has 0 saturated carbocycles. The van der Waals surface area contributed by atoms with Crippen LogP contribution in [0.25, 0.3) is 0 Å². The smallest absolute Gasteiger partial charge is 0.302 e. The van der Waals surface area contributed by atoms with Crippen molar-refractivity contribution in [1.29, 1.82) is 0 Å². The molecule has 0 saturated heterocycles. The Morgan fingerprint density at radius 2 is 1.48 bits per heavy atom. The Labute approximate surface area is 177 Å². The predicted octanol–water partition coefficient (Wildman–Crippen LogP) is 4.90. The third kappa shape index (κ3) is 16.1. The lowest BCUT2D eigenvalue weighted by Crippen LogP contribution is -2.10. The molecule has 0 fully saturated rings. The number of nitrogens with two attached hydrogens (primary N) is 1. The molecule has 7 heteroatoms. The highest BCUT2D eigenvalue weighted by molar-refractivity contribution is 7.85. The highest BCUT2D eigenvalue weighted by Gasteiger charge is 2.13. The van der Waals surface area contributed by atoms with Crippen LogP contribution in [0.1, 0.15) is 83.6 Å². The van der Waals surface area contributed by atoms with Crippen molar-refractivity contribution in [2.75, 3.05) is 13.2 Å². The number of benzene rings is 1. The van der Waals surface area contributed by atoms with Gasteiger partial charge in [0.1, 0.15) is 6.61 Å². The summed E-state index contributed by atoms with van der Waals surface area (Å²) in [7, 11) is -4.10. The summed E-state index contributed by atoms with van der Waals surface area (Å²) in [5, 5.41) is 0. The monoisotopic (exact) mass is 429 g/mol. The maximum atomic E-state index is 11.3. The first kappa shape index (κ1) is 27.6. The average molecular weight is 430 g/mol. The van der Waals surface area contributed by atoms with Gasteiger partial charge in [-0.2, -0.15) is 8.42 Å². The van der Waals surface area contributed by atoms with Gasteiger partial charge in [0.2, 0.25) is 0 Å². The van der Waals surface area contributed by atoms with Gasteiger partial charge in [0, 0.05) is 13.5 Å². The molecule has 29 heavy (non-hydrogen) atoms. The summed E-state index contributed by atoms with van der Waals surface area (Å²) in [6.07, 6.45) is 13.3. The molecule has 0 radical (unpaired) electrons. The normalized spacial score (nSPS) is 10.9. The molecule has 0 aliphatic carbocycles. The molecule has 1 rings (SSSR count). The predicted molar refractivity (Wildman–Crippen MR) is 117 cm³/mol. The van der Waals surface area contributed by atoms with Gasteiger partial charge < -0.3 is 10.5 Å². The molecular formula is C22H39NO5S. The second-order valence-electron chi connectivity index (χ2n) is 7.14. The van der Waals surface area contributed by atoms with Gasteiger partial charge in [-0.3, -0.25) is 9.35 Å². The number of carbonyl (C=O) groups is 1. The summed E-state index contributed by atoms with van der Waals surface area (Å²) < 4.78 is 36.2. The number of carbonyl (C=O) groups excluding carboxylic acids is 1. The highest BCUT2D eigenvalue weighted by Crippen LogP contribution is 2.18. The van der Waals surface area contributed by atoms with E-state index in [1.165, 1.54) is 64.4 Å². The Balaban J connectivity index is 0.000000956. The van der Waals surface area contributed by atoms with Crippen molar-refractivity contribution in [2.45, 2.75) is 89.4 Å². The Hall–Kier alpha value is -1.44. The molecule has 6 nitrogen and oxygen atoms in total. The molecule has 0 aliphatic heterocycles. The van der Waals surface area contributed by atoms with Gasteiger partial charge in [-0.1, -0.05) is 82.9 Å². The van der Waals surface area contributed by atoms with Gasteiger partial charge in [0.25, 0.3) is 10.1 Å². The first-order chi connectivity index (χ1) is 13.8. The van der Waals surface area contributed by atoms with Crippen molar-refractivity contribution < 1.29 is 22.5 Å². The molecular weight excluding hydrogens is 390 g/mol. The largest absolute Gasteiger partial charge is 0.465 e. The molecule has 1 aromatic rings. The lowest BCUT2D eigenvalue weighted by atomic mass is 10.0. The van der Waals surface area contributed by atoms with Gasteiger partial charge >= 0.3 is 5.97 Å². The van der Waals surface area contributed by atoms with Crippen LogP contribution in [0.5, 0.6) is 0 Å². The number of aryl methyl sites for hydroxylation is 1. The molecule has 168 valence electrons. The summed E-state index contributed by atoms with van der Waals surface area (Å²) >= 11 is 0. The molecule has 0 amide bonds. The van der Waals surface area contributed by atoms with Gasteiger partial charge in [0.05, 0.1) is 4.90 Å². The first-order valence-electron chi connectivity index (χ1n) is 10.7. The molecule has 0 spiro atoms. The van der Waals surface area contributed by atoms with Crippen LogP contribution >= 0.6 is 0 Å². The van der Waals surface area contributed by atoms with E-state index in [0.29, 0.717) is 19.6 Å². The second kappa shape index (κ2) is 17.4. The molecule has 3 N–H and O–H groups in total. The standard InChI is InChI=1S/C18H30O3S.C4H9NO2/c1-2-3-4-5-6-7-8-9-10-11-14-17-15-12-13-16-18(17)22(19,20)21;1-4(6)7-3-2-5/h12-13,15-16H,2-11,14H2,1H3,(H,19,20,21);2-3,5H2,1H3. The van der Waals surface area contributed by atoms with E-state index in [0.717, 1.165) is 18.4 Å². The summed E-state index contributed by atoms with van der Waals surface area (Å²) in [6, 6.07) is 6.73. The minimum Gasteiger partial charge on any atom is -0.465 e. The van der Waals surface area contributed by atoms with E-state index >= 15 is 0 Å². The minimum atomic E-state index is -4.10. The summed E-state index contributed by atoms with van der Waals surface area (Å²) in [5.41, 5.74) is 5.73. The highest BCUT2D eigenvalue weighted by atomic mass is 32.2. The number of hydrogen-bond donors (Lipinski definition) is 2. The summed E-state index contributed by atoms with van der Waals surface area (Å²) in [6.45, 7) is 4.32. The van der Waals surface area contributed by atoms with Crippen molar-refractivity contribution in [2.24, 2.45) is 5.73 Å². The summed E-state index contributed by atoms with van der Waals surface area (Å²) in [4.78, 5) is 9.99. The van der Waals surface area contributed by atoms with Crippen LogP contribution in [-0.2, 0) is 26.1 Å². The third-order valence-electron chi connectivity index (χ3n) is 4.47. The lowest BCUT2D eigenvalue weighted by Gasteiger charge is -2.07. The molecule has 0 aromatic heterocycles. The fraction of sp³-hybridized carbons (Fsp3) is 0.682. The maximum Gasteiger partial charge on any atom is 0.302 e. The minimum absolute atomic E-state index is 0.0610. The van der Waals surface area contributed by atoms with Crippen LogP contribution in [0.4, 0.5) is 0 Å².